The Morgan fingerprint density at radius 2 is 1.82 bits per heavy atom. The van der Waals surface area contributed by atoms with E-state index in [1.54, 1.807) is 31.4 Å². The Kier molecular flexibility index (Phi) is 4.12. The maximum Gasteiger partial charge on any atom is 0.256 e. The normalized spacial score (nSPS) is 29.8. The van der Waals surface area contributed by atoms with Gasteiger partial charge < -0.3 is 10.5 Å². The zero-order valence-electron chi connectivity index (χ0n) is 15.5. The van der Waals surface area contributed by atoms with Crippen LogP contribution in [0.15, 0.2) is 35.5 Å². The van der Waals surface area contributed by atoms with E-state index in [2.05, 4.69) is 6.07 Å². The van der Waals surface area contributed by atoms with Gasteiger partial charge in [0.15, 0.2) is 5.41 Å². The Labute approximate surface area is 163 Å². The SMILES string of the molecule is COc1ccc([C@@H]2C(C#N)=C(N)C3(C#N)C(=O)N(C4CCCC4)C(=O)[C@@H]23)cc1. The molecule has 1 saturated carbocycles. The lowest BCUT2D eigenvalue weighted by Crippen LogP contribution is -2.42. The van der Waals surface area contributed by atoms with Crippen molar-refractivity contribution in [1.82, 2.24) is 4.90 Å². The van der Waals surface area contributed by atoms with Crippen LogP contribution in [0.4, 0.5) is 0 Å². The molecule has 1 aliphatic heterocycles. The van der Waals surface area contributed by atoms with Gasteiger partial charge in [-0.05, 0) is 30.5 Å². The minimum absolute atomic E-state index is 0.0813. The van der Waals surface area contributed by atoms with Crippen molar-refractivity contribution in [2.45, 2.75) is 37.6 Å². The molecular weight excluding hydrogens is 356 g/mol. The number of carbonyl (C=O) groups is 2. The van der Waals surface area contributed by atoms with Crippen molar-refractivity contribution in [3.63, 3.8) is 0 Å². The molecule has 4 rings (SSSR count). The molecule has 1 aromatic rings. The van der Waals surface area contributed by atoms with Crippen LogP contribution in [-0.2, 0) is 9.59 Å². The monoisotopic (exact) mass is 376 g/mol. The van der Waals surface area contributed by atoms with E-state index in [0.29, 0.717) is 11.3 Å². The highest BCUT2D eigenvalue weighted by molar-refractivity contribution is 6.12. The lowest BCUT2D eigenvalue weighted by atomic mass is 9.74. The number of fused-ring (bicyclic) bond motifs is 1. The molecule has 3 aliphatic rings. The zero-order valence-corrected chi connectivity index (χ0v) is 15.5. The summed E-state index contributed by atoms with van der Waals surface area (Å²) in [6.07, 6.45) is 3.38. The summed E-state index contributed by atoms with van der Waals surface area (Å²) in [4.78, 5) is 28.0. The number of ether oxygens (including phenoxy) is 1. The number of nitrogens with two attached hydrogens (primary N) is 1. The summed E-state index contributed by atoms with van der Waals surface area (Å²) in [5.74, 6) is -2.07. The van der Waals surface area contributed by atoms with Crippen LogP contribution >= 0.6 is 0 Å². The van der Waals surface area contributed by atoms with Crippen LogP contribution in [-0.4, -0.2) is 29.9 Å². The first kappa shape index (κ1) is 18.1. The lowest BCUT2D eigenvalue weighted by Gasteiger charge is -2.24. The van der Waals surface area contributed by atoms with Crippen LogP contribution in [0.1, 0.15) is 37.2 Å². The van der Waals surface area contributed by atoms with E-state index >= 15 is 0 Å². The average molecular weight is 376 g/mol. The first-order valence-electron chi connectivity index (χ1n) is 9.34. The number of carbonyl (C=O) groups excluding carboxylic acids is 2. The largest absolute Gasteiger partial charge is 0.497 e. The van der Waals surface area contributed by atoms with Gasteiger partial charge in [-0.2, -0.15) is 10.5 Å². The van der Waals surface area contributed by atoms with Gasteiger partial charge in [0.1, 0.15) is 5.75 Å². The lowest BCUT2D eigenvalue weighted by molar-refractivity contribution is -0.143. The second-order valence-corrected chi connectivity index (χ2v) is 7.54. The Morgan fingerprint density at radius 3 is 2.36 bits per heavy atom. The number of hydrogen-bond donors (Lipinski definition) is 1. The summed E-state index contributed by atoms with van der Waals surface area (Å²) >= 11 is 0. The van der Waals surface area contributed by atoms with Gasteiger partial charge in [0.25, 0.3) is 5.91 Å². The van der Waals surface area contributed by atoms with E-state index in [9.17, 15) is 20.1 Å². The van der Waals surface area contributed by atoms with Crippen LogP contribution in [0.5, 0.6) is 5.75 Å². The van der Waals surface area contributed by atoms with Crippen molar-refractivity contribution in [2.75, 3.05) is 7.11 Å². The highest BCUT2D eigenvalue weighted by atomic mass is 16.5. The van der Waals surface area contributed by atoms with E-state index < -0.39 is 29.1 Å². The average Bonchev–Trinajstić information content (AvgIpc) is 3.37. The van der Waals surface area contributed by atoms with Crippen LogP contribution in [0, 0.1) is 34.0 Å². The third-order valence-electron chi connectivity index (χ3n) is 6.35. The molecule has 142 valence electrons. The molecule has 1 heterocycles. The standard InChI is InChI=1S/C21H20N4O3/c1-28-14-8-6-12(7-9-14)16-15(10-22)18(24)21(11-23)17(16)19(26)25(20(21)27)13-4-2-3-5-13/h6-9,13,16-17H,2-5,24H2,1H3/t16-,17-,21?/m1/s1. The van der Waals surface area contributed by atoms with E-state index in [1.807, 2.05) is 6.07 Å². The molecule has 1 aromatic carbocycles. The highest BCUT2D eigenvalue weighted by Gasteiger charge is 2.70. The van der Waals surface area contributed by atoms with Crippen molar-refractivity contribution in [3.05, 3.63) is 41.1 Å². The maximum absolute atomic E-state index is 13.4. The Bertz CT molecular complexity index is 963. The van der Waals surface area contributed by atoms with Crippen molar-refractivity contribution < 1.29 is 14.3 Å². The number of methoxy groups -OCH3 is 1. The molecule has 2 aliphatic carbocycles. The van der Waals surface area contributed by atoms with Gasteiger partial charge >= 0.3 is 0 Å². The third-order valence-corrected chi connectivity index (χ3v) is 6.35. The number of likely N-dealkylation sites (tertiary alicyclic amines) is 1. The Balaban J connectivity index is 1.87. The molecular formula is C21H20N4O3. The van der Waals surface area contributed by atoms with E-state index in [4.69, 9.17) is 10.5 Å². The van der Waals surface area contributed by atoms with Gasteiger partial charge in [-0.1, -0.05) is 25.0 Å². The number of nitriles is 2. The number of benzene rings is 1. The molecule has 0 radical (unpaired) electrons. The van der Waals surface area contributed by atoms with Gasteiger partial charge in [0, 0.05) is 12.0 Å². The van der Waals surface area contributed by atoms with Crippen LogP contribution in [0.2, 0.25) is 0 Å². The fraction of sp³-hybridized carbons (Fsp3) is 0.429. The second-order valence-electron chi connectivity index (χ2n) is 7.54. The molecule has 7 heteroatoms. The summed E-state index contributed by atoms with van der Waals surface area (Å²) in [6.45, 7) is 0. The number of allylic oxidation sites excluding steroid dienone is 1. The minimum Gasteiger partial charge on any atom is -0.497 e. The number of hydrogen-bond acceptors (Lipinski definition) is 6. The highest BCUT2D eigenvalue weighted by Crippen LogP contribution is 2.58. The second kappa shape index (κ2) is 6.38. The molecule has 1 saturated heterocycles. The van der Waals surface area contributed by atoms with Crippen LogP contribution < -0.4 is 10.5 Å². The molecule has 0 spiro atoms. The minimum atomic E-state index is -1.80. The first-order valence-corrected chi connectivity index (χ1v) is 9.34. The number of nitrogens with zero attached hydrogens (tertiary/aromatic N) is 3. The van der Waals surface area contributed by atoms with Crippen molar-refractivity contribution in [1.29, 1.82) is 10.5 Å². The maximum atomic E-state index is 13.4. The molecule has 2 amide bonds. The molecule has 28 heavy (non-hydrogen) atoms. The smallest absolute Gasteiger partial charge is 0.256 e. The molecule has 3 atom stereocenters. The molecule has 0 aromatic heterocycles. The topological polar surface area (TPSA) is 120 Å². The predicted molar refractivity (Wildman–Crippen MR) is 98.2 cm³/mol. The number of rotatable bonds is 3. The fourth-order valence-corrected chi connectivity index (χ4v) is 4.97. The molecule has 1 unspecified atom stereocenters. The van der Waals surface area contributed by atoms with Crippen LogP contribution in [0.25, 0.3) is 0 Å². The van der Waals surface area contributed by atoms with Gasteiger partial charge in [-0.3, -0.25) is 14.5 Å². The summed E-state index contributed by atoms with van der Waals surface area (Å²) in [5, 5.41) is 19.7. The fourth-order valence-electron chi connectivity index (χ4n) is 4.97. The van der Waals surface area contributed by atoms with E-state index in [1.165, 1.54) is 4.90 Å². The van der Waals surface area contributed by atoms with Gasteiger partial charge in [0.05, 0.1) is 36.4 Å². The Morgan fingerprint density at radius 1 is 1.18 bits per heavy atom. The molecule has 0 bridgehead atoms. The molecule has 2 fully saturated rings. The summed E-state index contributed by atoms with van der Waals surface area (Å²) < 4.78 is 5.17. The Hall–Kier alpha value is -3.32. The van der Waals surface area contributed by atoms with Gasteiger partial charge in [0.2, 0.25) is 5.91 Å². The van der Waals surface area contributed by atoms with Gasteiger partial charge in [-0.15, -0.1) is 0 Å². The molecule has 2 N–H and O–H groups in total. The predicted octanol–water partition coefficient (Wildman–Crippen LogP) is 1.97. The van der Waals surface area contributed by atoms with E-state index in [-0.39, 0.29) is 17.3 Å². The number of amides is 2. The number of imide groups is 1. The van der Waals surface area contributed by atoms with Crippen molar-refractivity contribution >= 4 is 11.8 Å². The molecule has 7 nitrogen and oxygen atoms in total. The van der Waals surface area contributed by atoms with Crippen molar-refractivity contribution in [3.8, 4) is 17.9 Å². The quantitative estimate of drug-likeness (QED) is 0.805. The van der Waals surface area contributed by atoms with Crippen LogP contribution in [0.3, 0.4) is 0 Å². The van der Waals surface area contributed by atoms with Crippen molar-refractivity contribution in [2.24, 2.45) is 17.1 Å². The first-order chi connectivity index (χ1) is 13.5. The third kappa shape index (κ3) is 2.13. The summed E-state index contributed by atoms with van der Waals surface area (Å²) in [5.41, 5.74) is 5.14. The summed E-state index contributed by atoms with van der Waals surface area (Å²) in [6, 6.07) is 10.8. The summed E-state index contributed by atoms with van der Waals surface area (Å²) in [7, 11) is 1.54. The zero-order chi connectivity index (χ0) is 20.1. The van der Waals surface area contributed by atoms with E-state index in [0.717, 1.165) is 25.7 Å². The van der Waals surface area contributed by atoms with Gasteiger partial charge in [-0.25, -0.2) is 0 Å².